The molecule has 0 bridgehead atoms. The van der Waals surface area contributed by atoms with Gasteiger partial charge in [-0.2, -0.15) is 0 Å². The summed E-state index contributed by atoms with van der Waals surface area (Å²) in [7, 11) is 0. The molecule has 126 valence electrons. The van der Waals surface area contributed by atoms with Crippen molar-refractivity contribution in [3.05, 3.63) is 89.0 Å². The molecule has 0 saturated carbocycles. The largest absolute Gasteiger partial charge is 0.290 e. The third kappa shape index (κ3) is 4.22. The first-order chi connectivity index (χ1) is 12.2. The average molecular weight is 353 g/mol. The molecule has 0 aliphatic rings. The van der Waals surface area contributed by atoms with Gasteiger partial charge in [0, 0.05) is 17.0 Å². The van der Waals surface area contributed by atoms with Crippen LogP contribution < -0.4 is 4.57 Å². The zero-order valence-corrected chi connectivity index (χ0v) is 14.7. The molecule has 0 unspecified atom stereocenters. The van der Waals surface area contributed by atoms with Gasteiger partial charge in [0.25, 0.3) is 5.82 Å². The molecule has 0 fully saturated rings. The number of benzene rings is 2. The molecule has 0 atom stereocenters. The molecule has 1 aromatic heterocycles. The van der Waals surface area contributed by atoms with E-state index in [0.717, 1.165) is 17.8 Å². The minimum atomic E-state index is 0.0427. The molecule has 3 aromatic rings. The van der Waals surface area contributed by atoms with Gasteiger partial charge < -0.3 is 0 Å². The normalized spacial score (nSPS) is 11.1. The van der Waals surface area contributed by atoms with Gasteiger partial charge in [-0.15, -0.1) is 4.68 Å². The van der Waals surface area contributed by atoms with Crippen LogP contribution in [0.15, 0.2) is 72.1 Å². The summed E-state index contributed by atoms with van der Waals surface area (Å²) in [6.07, 6.45) is 6.33. The molecular weight excluding hydrogens is 334 g/mol. The predicted octanol–water partition coefficient (Wildman–Crippen LogP) is 3.76. The maximum absolute atomic E-state index is 12.5. The van der Waals surface area contributed by atoms with Crippen LogP contribution in [0.25, 0.3) is 0 Å². The van der Waals surface area contributed by atoms with Gasteiger partial charge in [-0.3, -0.25) is 4.79 Å². The number of rotatable bonds is 6. The van der Waals surface area contributed by atoms with Crippen LogP contribution in [0.5, 0.6) is 0 Å². The Labute approximate surface area is 152 Å². The van der Waals surface area contributed by atoms with Gasteiger partial charge in [0.1, 0.15) is 6.20 Å². The Morgan fingerprint density at radius 2 is 1.88 bits per heavy atom. The van der Waals surface area contributed by atoms with Crippen molar-refractivity contribution >= 4 is 23.6 Å². The van der Waals surface area contributed by atoms with E-state index in [1.54, 1.807) is 24.3 Å². The lowest BCUT2D eigenvalue weighted by Gasteiger charge is -2.01. The summed E-state index contributed by atoms with van der Waals surface area (Å²) in [5, 5.41) is 5.13. The van der Waals surface area contributed by atoms with Gasteiger partial charge in [0.05, 0.1) is 6.21 Å². The number of ketones is 1. The molecular formula is C20H19ClN3O+. The molecule has 4 nitrogen and oxygen atoms in total. The first kappa shape index (κ1) is 17.1. The molecule has 5 heteroatoms. The summed E-state index contributed by atoms with van der Waals surface area (Å²) in [6.45, 7) is 2.33. The maximum atomic E-state index is 12.5. The van der Waals surface area contributed by atoms with Crippen LogP contribution in [0.2, 0.25) is 5.02 Å². The van der Waals surface area contributed by atoms with E-state index in [9.17, 15) is 4.79 Å². The van der Waals surface area contributed by atoms with E-state index in [4.69, 9.17) is 11.6 Å². The van der Waals surface area contributed by atoms with Crippen molar-refractivity contribution in [1.29, 1.82) is 0 Å². The van der Waals surface area contributed by atoms with Crippen molar-refractivity contribution in [3.8, 4) is 0 Å². The first-order valence-corrected chi connectivity index (χ1v) is 8.53. The Morgan fingerprint density at radius 3 is 2.56 bits per heavy atom. The van der Waals surface area contributed by atoms with Crippen molar-refractivity contribution in [1.82, 2.24) is 4.68 Å². The third-order valence-electron chi connectivity index (χ3n) is 3.91. The van der Waals surface area contributed by atoms with Gasteiger partial charge in [0.2, 0.25) is 5.78 Å². The number of imidazole rings is 1. The van der Waals surface area contributed by atoms with Crippen LogP contribution in [-0.2, 0) is 13.0 Å². The van der Waals surface area contributed by atoms with Crippen molar-refractivity contribution in [3.63, 3.8) is 0 Å². The zero-order valence-electron chi connectivity index (χ0n) is 14.0. The third-order valence-corrected chi connectivity index (χ3v) is 4.16. The Bertz CT molecular complexity index is 883. The van der Waals surface area contributed by atoms with Gasteiger partial charge in [-0.25, -0.2) is 4.57 Å². The molecule has 0 aliphatic heterocycles. The summed E-state index contributed by atoms with van der Waals surface area (Å²) in [4.78, 5) is 12.5. The molecule has 0 N–H and O–H groups in total. The minimum absolute atomic E-state index is 0.0427. The van der Waals surface area contributed by atoms with Crippen molar-refractivity contribution in [2.24, 2.45) is 5.10 Å². The van der Waals surface area contributed by atoms with Crippen LogP contribution in [-0.4, -0.2) is 16.7 Å². The van der Waals surface area contributed by atoms with Gasteiger partial charge in [-0.05, 0) is 29.8 Å². The van der Waals surface area contributed by atoms with Gasteiger partial charge in [0.15, 0.2) is 12.7 Å². The number of hydrogen-bond acceptors (Lipinski definition) is 2. The van der Waals surface area contributed by atoms with E-state index in [1.807, 2.05) is 65.1 Å². The summed E-state index contributed by atoms with van der Waals surface area (Å²) >= 11 is 5.88. The van der Waals surface area contributed by atoms with E-state index in [0.29, 0.717) is 10.6 Å². The minimum Gasteiger partial charge on any atom is -0.290 e. The number of carbonyl (C=O) groups excluding carboxylic acids is 1. The second-order valence-electron chi connectivity index (χ2n) is 5.63. The summed E-state index contributed by atoms with van der Waals surface area (Å²) in [6, 6.07) is 16.9. The number of aromatic nitrogens is 2. The number of hydrogen-bond donors (Lipinski definition) is 0. The lowest BCUT2D eigenvalue weighted by molar-refractivity contribution is -0.690. The van der Waals surface area contributed by atoms with Crippen LogP contribution in [0.3, 0.4) is 0 Å². The Balaban J connectivity index is 1.79. The quantitative estimate of drug-likeness (QED) is 0.378. The van der Waals surface area contributed by atoms with Crippen LogP contribution in [0.1, 0.15) is 28.7 Å². The van der Waals surface area contributed by atoms with Crippen molar-refractivity contribution < 1.29 is 9.36 Å². The lowest BCUT2D eigenvalue weighted by atomic mass is 10.1. The van der Waals surface area contributed by atoms with Crippen LogP contribution in [0.4, 0.5) is 0 Å². The smallest absolute Gasteiger partial charge is 0.282 e. The summed E-state index contributed by atoms with van der Waals surface area (Å²) < 4.78 is 3.74. The Morgan fingerprint density at radius 1 is 1.16 bits per heavy atom. The molecule has 3 rings (SSSR count). The number of carbonyl (C=O) groups is 1. The van der Waals surface area contributed by atoms with E-state index in [2.05, 4.69) is 5.10 Å². The molecule has 0 saturated heterocycles. The van der Waals surface area contributed by atoms with Crippen LogP contribution in [0, 0.1) is 0 Å². The molecule has 0 aliphatic carbocycles. The fraction of sp³-hybridized carbons (Fsp3) is 0.150. The fourth-order valence-corrected chi connectivity index (χ4v) is 2.74. The highest BCUT2D eigenvalue weighted by Crippen LogP contribution is 2.10. The van der Waals surface area contributed by atoms with E-state index < -0.39 is 0 Å². The second-order valence-corrected chi connectivity index (χ2v) is 6.06. The highest BCUT2D eigenvalue weighted by atomic mass is 35.5. The van der Waals surface area contributed by atoms with Gasteiger partial charge >= 0.3 is 0 Å². The average Bonchev–Trinajstić information content (AvgIpc) is 3.03. The molecule has 0 amide bonds. The molecule has 2 aromatic carbocycles. The van der Waals surface area contributed by atoms with E-state index in [1.165, 1.54) is 0 Å². The zero-order chi connectivity index (χ0) is 17.6. The van der Waals surface area contributed by atoms with Crippen molar-refractivity contribution in [2.75, 3.05) is 0 Å². The number of Topliss-reactive ketones (excluding diaryl/α,β-unsaturated/α-hetero) is 1. The van der Waals surface area contributed by atoms with E-state index >= 15 is 0 Å². The Kier molecular flexibility index (Phi) is 5.41. The topological polar surface area (TPSA) is 38.2 Å². The van der Waals surface area contributed by atoms with E-state index in [-0.39, 0.29) is 12.3 Å². The number of halogens is 1. The summed E-state index contributed by atoms with van der Waals surface area (Å²) in [5.41, 5.74) is 1.68. The predicted molar refractivity (Wildman–Crippen MR) is 99.2 cm³/mol. The molecule has 0 spiro atoms. The molecule has 1 heterocycles. The maximum Gasteiger partial charge on any atom is 0.282 e. The molecule has 25 heavy (non-hydrogen) atoms. The monoisotopic (exact) mass is 352 g/mol. The van der Waals surface area contributed by atoms with Crippen molar-refractivity contribution in [2.45, 2.75) is 19.9 Å². The first-order valence-electron chi connectivity index (χ1n) is 8.15. The lowest BCUT2D eigenvalue weighted by Crippen LogP contribution is -2.40. The number of nitrogens with zero attached hydrogens (tertiary/aromatic N) is 3. The summed E-state index contributed by atoms with van der Waals surface area (Å²) in [5.74, 6) is 1.01. The second kappa shape index (κ2) is 7.90. The Hall–Kier alpha value is -2.72. The highest BCUT2D eigenvalue weighted by Gasteiger charge is 2.18. The SMILES string of the molecule is CCc1n(/N=C\c2ccccc2)cc[n+]1CC(=O)c1ccc(Cl)cc1. The van der Waals surface area contributed by atoms with Gasteiger partial charge in [-0.1, -0.05) is 54.0 Å². The molecule has 0 radical (unpaired) electrons. The van der Waals surface area contributed by atoms with Crippen LogP contribution >= 0.6 is 11.6 Å². The standard InChI is InChI=1S/C20H19ClN3O/c1-2-20-23(15-19(25)17-8-10-18(21)11-9-17)12-13-24(20)22-14-16-6-4-3-5-7-16/h3-14H,2,15H2,1H3/q+1/b22-14-. The fourth-order valence-electron chi connectivity index (χ4n) is 2.61. The highest BCUT2D eigenvalue weighted by molar-refractivity contribution is 6.30.